The van der Waals surface area contributed by atoms with Crippen molar-refractivity contribution < 1.29 is 19.1 Å². The second kappa shape index (κ2) is 7.99. The Morgan fingerprint density at radius 3 is 2.25 bits per heavy atom. The zero-order valence-electron chi connectivity index (χ0n) is 15.4. The van der Waals surface area contributed by atoms with Gasteiger partial charge in [0.25, 0.3) is 0 Å². The van der Waals surface area contributed by atoms with Crippen molar-refractivity contribution in [3.63, 3.8) is 0 Å². The molecule has 134 valence electrons. The number of rotatable bonds is 6. The van der Waals surface area contributed by atoms with Crippen LogP contribution in [-0.2, 0) is 4.74 Å². The number of amides is 2. The van der Waals surface area contributed by atoms with E-state index in [9.17, 15) is 14.4 Å². The Kier molecular flexibility index (Phi) is 6.57. The van der Waals surface area contributed by atoms with Gasteiger partial charge in [-0.1, -0.05) is 0 Å². The average molecular weight is 337 g/mol. The highest BCUT2D eigenvalue weighted by Crippen LogP contribution is 2.22. The Balaban J connectivity index is 3.14. The van der Waals surface area contributed by atoms with Crippen LogP contribution in [0.2, 0.25) is 0 Å². The molecule has 0 bridgehead atoms. The van der Waals surface area contributed by atoms with Gasteiger partial charge in [0.05, 0.1) is 13.2 Å². The van der Waals surface area contributed by atoms with E-state index in [-0.39, 0.29) is 23.6 Å². The minimum Gasteiger partial charge on any atom is -0.464 e. The lowest BCUT2D eigenvalue weighted by atomic mass is 10.00. The first-order valence-electron chi connectivity index (χ1n) is 8.04. The van der Waals surface area contributed by atoms with Crippen molar-refractivity contribution in [3.8, 4) is 0 Å². The van der Waals surface area contributed by atoms with Crippen LogP contribution in [0.15, 0.2) is 0 Å². The molecule has 2 N–H and O–H groups in total. The van der Waals surface area contributed by atoms with Crippen LogP contribution in [0.1, 0.15) is 59.8 Å². The Bertz CT molecular complexity index is 634. The minimum absolute atomic E-state index is 0.0180. The van der Waals surface area contributed by atoms with Gasteiger partial charge in [0, 0.05) is 23.8 Å². The fourth-order valence-corrected chi connectivity index (χ4v) is 2.70. The summed E-state index contributed by atoms with van der Waals surface area (Å²) in [5.74, 6) is -0.732. The number of aromatic amines is 1. The largest absolute Gasteiger partial charge is 0.464 e. The predicted octanol–water partition coefficient (Wildman–Crippen LogP) is 2.43. The number of urea groups is 1. The number of nitrogens with zero attached hydrogens (tertiary/aromatic N) is 1. The SMILES string of the molecule is CCN(C(=O)NC(C)C)[C@@H](C)C(=O)c1c(C)[nH]c(C(=O)OC)c1C. The number of Topliss-reactive ketones (excluding diaryl/α,β-unsaturated/α-hetero) is 1. The molecule has 0 aromatic carbocycles. The predicted molar refractivity (Wildman–Crippen MR) is 91.4 cm³/mol. The van der Waals surface area contributed by atoms with Gasteiger partial charge >= 0.3 is 12.0 Å². The number of ether oxygens (including phenoxy) is 1. The summed E-state index contributed by atoms with van der Waals surface area (Å²) in [6, 6.07) is -0.949. The zero-order valence-corrected chi connectivity index (χ0v) is 15.4. The van der Waals surface area contributed by atoms with E-state index < -0.39 is 12.0 Å². The zero-order chi connectivity index (χ0) is 18.6. The summed E-state index contributed by atoms with van der Waals surface area (Å²) in [6.07, 6.45) is 0. The van der Waals surface area contributed by atoms with Gasteiger partial charge in [-0.05, 0) is 47.1 Å². The number of carbonyl (C=O) groups excluding carboxylic acids is 3. The van der Waals surface area contributed by atoms with Crippen molar-refractivity contribution >= 4 is 17.8 Å². The average Bonchev–Trinajstić information content (AvgIpc) is 2.80. The third kappa shape index (κ3) is 3.96. The Morgan fingerprint density at radius 2 is 1.79 bits per heavy atom. The molecule has 0 spiro atoms. The number of ketones is 1. The fourth-order valence-electron chi connectivity index (χ4n) is 2.70. The van der Waals surface area contributed by atoms with Crippen molar-refractivity contribution in [2.24, 2.45) is 0 Å². The van der Waals surface area contributed by atoms with Gasteiger partial charge in [-0.25, -0.2) is 9.59 Å². The molecular formula is C17H27N3O4. The number of likely N-dealkylation sites (N-methyl/N-ethyl adjacent to an activating group) is 1. The van der Waals surface area contributed by atoms with Crippen LogP contribution in [0.4, 0.5) is 4.79 Å². The molecule has 0 saturated carbocycles. The molecule has 1 rings (SSSR count). The number of aromatic nitrogens is 1. The van der Waals surface area contributed by atoms with Crippen molar-refractivity contribution in [3.05, 3.63) is 22.5 Å². The quantitative estimate of drug-likeness (QED) is 0.616. The molecule has 1 aromatic heterocycles. The molecule has 0 radical (unpaired) electrons. The van der Waals surface area contributed by atoms with Crippen LogP contribution in [0, 0.1) is 13.8 Å². The first-order chi connectivity index (χ1) is 11.1. The minimum atomic E-state index is -0.646. The van der Waals surface area contributed by atoms with E-state index in [2.05, 4.69) is 10.3 Å². The number of nitrogens with one attached hydrogen (secondary N) is 2. The summed E-state index contributed by atoms with van der Waals surface area (Å²) in [6.45, 7) is 11.1. The van der Waals surface area contributed by atoms with Gasteiger partial charge < -0.3 is 19.9 Å². The molecule has 1 aromatic rings. The molecule has 0 saturated heterocycles. The highest BCUT2D eigenvalue weighted by Gasteiger charge is 2.30. The molecular weight excluding hydrogens is 310 g/mol. The van der Waals surface area contributed by atoms with Gasteiger partial charge in [-0.2, -0.15) is 0 Å². The Labute approximate surface area is 142 Å². The summed E-state index contributed by atoms with van der Waals surface area (Å²) in [5.41, 5.74) is 1.82. The van der Waals surface area contributed by atoms with Gasteiger partial charge in [0.1, 0.15) is 5.69 Å². The molecule has 0 unspecified atom stereocenters. The number of H-pyrrole nitrogens is 1. The van der Waals surface area contributed by atoms with E-state index in [1.54, 1.807) is 20.8 Å². The standard InChI is InChI=1S/C17H27N3O4/c1-8-20(17(23)18-9(2)3)12(6)15(21)13-10(4)14(16(22)24-7)19-11(13)5/h9,12,19H,8H2,1-7H3,(H,18,23)/t12-/m0/s1. The molecule has 1 heterocycles. The second-order valence-electron chi connectivity index (χ2n) is 6.05. The summed E-state index contributed by atoms with van der Waals surface area (Å²) in [5, 5.41) is 2.80. The Hall–Kier alpha value is -2.31. The van der Waals surface area contributed by atoms with Crippen LogP contribution in [0.25, 0.3) is 0 Å². The highest BCUT2D eigenvalue weighted by atomic mass is 16.5. The van der Waals surface area contributed by atoms with Crippen molar-refractivity contribution in [2.45, 2.75) is 53.6 Å². The molecule has 0 aliphatic rings. The second-order valence-corrected chi connectivity index (χ2v) is 6.05. The first kappa shape index (κ1) is 19.7. The Morgan fingerprint density at radius 1 is 1.21 bits per heavy atom. The van der Waals surface area contributed by atoms with E-state index in [4.69, 9.17) is 4.74 Å². The van der Waals surface area contributed by atoms with Gasteiger partial charge in [-0.3, -0.25) is 4.79 Å². The van der Waals surface area contributed by atoms with Crippen molar-refractivity contribution in [1.82, 2.24) is 15.2 Å². The summed E-state index contributed by atoms with van der Waals surface area (Å²) in [7, 11) is 1.29. The lowest BCUT2D eigenvalue weighted by Gasteiger charge is -2.28. The van der Waals surface area contributed by atoms with E-state index in [1.165, 1.54) is 12.0 Å². The van der Waals surface area contributed by atoms with Crippen LogP contribution in [0.3, 0.4) is 0 Å². The number of hydrogen-bond donors (Lipinski definition) is 2. The lowest BCUT2D eigenvalue weighted by molar-refractivity contribution is 0.0593. The lowest BCUT2D eigenvalue weighted by Crippen LogP contribution is -2.49. The maximum absolute atomic E-state index is 12.9. The monoisotopic (exact) mass is 337 g/mol. The molecule has 2 amide bonds. The molecule has 24 heavy (non-hydrogen) atoms. The third-order valence-electron chi connectivity index (χ3n) is 3.93. The molecule has 7 heteroatoms. The normalized spacial score (nSPS) is 12.0. The molecule has 0 aliphatic carbocycles. The number of methoxy groups -OCH3 is 1. The van der Waals surface area contributed by atoms with Gasteiger partial charge in [0.15, 0.2) is 5.78 Å². The molecule has 0 aliphatic heterocycles. The van der Waals surface area contributed by atoms with Gasteiger partial charge in [-0.15, -0.1) is 0 Å². The van der Waals surface area contributed by atoms with Gasteiger partial charge in [0.2, 0.25) is 0 Å². The maximum Gasteiger partial charge on any atom is 0.354 e. The van der Waals surface area contributed by atoms with Crippen LogP contribution < -0.4 is 5.32 Å². The first-order valence-corrected chi connectivity index (χ1v) is 8.04. The number of hydrogen-bond acceptors (Lipinski definition) is 4. The molecule has 1 atom stereocenters. The smallest absolute Gasteiger partial charge is 0.354 e. The van der Waals surface area contributed by atoms with E-state index in [1.807, 2.05) is 20.8 Å². The van der Waals surface area contributed by atoms with E-state index >= 15 is 0 Å². The molecule has 7 nitrogen and oxygen atoms in total. The number of carbonyl (C=O) groups is 3. The summed E-state index contributed by atoms with van der Waals surface area (Å²) < 4.78 is 4.72. The third-order valence-corrected chi connectivity index (χ3v) is 3.93. The van der Waals surface area contributed by atoms with Crippen LogP contribution >= 0.6 is 0 Å². The van der Waals surface area contributed by atoms with Crippen LogP contribution in [0.5, 0.6) is 0 Å². The highest BCUT2D eigenvalue weighted by molar-refractivity contribution is 6.06. The van der Waals surface area contributed by atoms with Crippen molar-refractivity contribution in [2.75, 3.05) is 13.7 Å². The summed E-state index contributed by atoms with van der Waals surface area (Å²) >= 11 is 0. The number of aryl methyl sites for hydroxylation is 1. The number of esters is 1. The topological polar surface area (TPSA) is 91.5 Å². The van der Waals surface area contributed by atoms with E-state index in [0.29, 0.717) is 23.4 Å². The van der Waals surface area contributed by atoms with Crippen LogP contribution in [-0.4, -0.2) is 53.4 Å². The van der Waals surface area contributed by atoms with E-state index in [0.717, 1.165) is 0 Å². The molecule has 0 fully saturated rings. The maximum atomic E-state index is 12.9. The summed E-state index contributed by atoms with van der Waals surface area (Å²) in [4.78, 5) is 41.3. The van der Waals surface area contributed by atoms with Crippen molar-refractivity contribution in [1.29, 1.82) is 0 Å². The fraction of sp³-hybridized carbons (Fsp3) is 0.588.